The summed E-state index contributed by atoms with van der Waals surface area (Å²) in [7, 11) is 3.37. The van der Waals surface area contributed by atoms with Gasteiger partial charge in [0.2, 0.25) is 0 Å². The lowest BCUT2D eigenvalue weighted by atomic mass is 10.2. The molecule has 3 nitrogen and oxygen atoms in total. The first-order valence-corrected chi connectivity index (χ1v) is 6.44. The normalized spacial score (nSPS) is 10.3. The van der Waals surface area contributed by atoms with Gasteiger partial charge in [0.15, 0.2) is 0 Å². The molecule has 0 atom stereocenters. The zero-order valence-electron chi connectivity index (χ0n) is 10.7. The third-order valence-electron chi connectivity index (χ3n) is 2.85. The molecule has 5 heteroatoms. The summed E-state index contributed by atoms with van der Waals surface area (Å²) >= 11 is 3.36. The van der Waals surface area contributed by atoms with E-state index in [1.807, 2.05) is 19.2 Å². The Labute approximate surface area is 119 Å². The van der Waals surface area contributed by atoms with Crippen LogP contribution in [0.3, 0.4) is 0 Å². The van der Waals surface area contributed by atoms with Crippen LogP contribution in [0.5, 0.6) is 5.75 Å². The number of anilines is 3. The van der Waals surface area contributed by atoms with Gasteiger partial charge in [-0.3, -0.25) is 0 Å². The first kappa shape index (κ1) is 13.7. The molecule has 0 aromatic heterocycles. The number of hydrogen-bond donors (Lipinski definition) is 1. The maximum Gasteiger partial charge on any atom is 0.142 e. The third-order valence-corrected chi connectivity index (χ3v) is 3.35. The Morgan fingerprint density at radius 3 is 2.53 bits per heavy atom. The summed E-state index contributed by atoms with van der Waals surface area (Å²) in [4.78, 5) is 1.80. The molecular weight excluding hydrogens is 311 g/mol. The van der Waals surface area contributed by atoms with Crippen molar-refractivity contribution in [1.82, 2.24) is 0 Å². The van der Waals surface area contributed by atoms with E-state index in [1.165, 1.54) is 12.1 Å². The molecule has 0 bridgehead atoms. The Kier molecular flexibility index (Phi) is 3.95. The van der Waals surface area contributed by atoms with Gasteiger partial charge in [-0.2, -0.15) is 0 Å². The van der Waals surface area contributed by atoms with Crippen molar-refractivity contribution in [2.75, 3.05) is 24.8 Å². The fraction of sp³-hybridized carbons (Fsp3) is 0.143. The van der Waals surface area contributed by atoms with Crippen molar-refractivity contribution in [3.63, 3.8) is 0 Å². The van der Waals surface area contributed by atoms with Crippen molar-refractivity contribution in [3.05, 3.63) is 46.7 Å². The minimum Gasteiger partial charge on any atom is -0.495 e. The Morgan fingerprint density at radius 1 is 1.16 bits per heavy atom. The highest BCUT2D eigenvalue weighted by molar-refractivity contribution is 9.10. The Bertz CT molecular complexity index is 604. The van der Waals surface area contributed by atoms with Crippen LogP contribution in [0.2, 0.25) is 0 Å². The molecular formula is C14H14BrFN2O. The van der Waals surface area contributed by atoms with Gasteiger partial charge in [0, 0.05) is 17.6 Å². The van der Waals surface area contributed by atoms with Crippen LogP contribution in [-0.2, 0) is 0 Å². The second-order valence-corrected chi connectivity index (χ2v) is 4.99. The molecule has 0 fully saturated rings. The topological polar surface area (TPSA) is 38.5 Å². The SMILES string of the molecule is COc1ccc(F)cc1N(C)c1ccc(Br)cc1N. The van der Waals surface area contributed by atoms with Crippen LogP contribution in [0.4, 0.5) is 21.5 Å². The van der Waals surface area contributed by atoms with Gasteiger partial charge in [0.05, 0.1) is 24.2 Å². The van der Waals surface area contributed by atoms with Gasteiger partial charge in [0.25, 0.3) is 0 Å². The van der Waals surface area contributed by atoms with Crippen LogP contribution in [0.15, 0.2) is 40.9 Å². The van der Waals surface area contributed by atoms with Crippen LogP contribution in [-0.4, -0.2) is 14.2 Å². The highest BCUT2D eigenvalue weighted by Crippen LogP contribution is 2.36. The average Bonchev–Trinajstić information content (AvgIpc) is 2.38. The van der Waals surface area contributed by atoms with E-state index in [0.717, 1.165) is 10.2 Å². The van der Waals surface area contributed by atoms with Crippen molar-refractivity contribution in [2.24, 2.45) is 0 Å². The largest absolute Gasteiger partial charge is 0.495 e. The molecule has 0 aliphatic rings. The Morgan fingerprint density at radius 2 is 1.89 bits per heavy atom. The maximum atomic E-state index is 13.4. The predicted octanol–water partition coefficient (Wildman–Crippen LogP) is 3.95. The fourth-order valence-electron chi connectivity index (χ4n) is 1.89. The number of hydrogen-bond acceptors (Lipinski definition) is 3. The van der Waals surface area contributed by atoms with Crippen molar-refractivity contribution >= 4 is 33.0 Å². The van der Waals surface area contributed by atoms with Gasteiger partial charge in [-0.25, -0.2) is 4.39 Å². The molecule has 0 saturated carbocycles. The molecule has 2 aromatic rings. The molecule has 2 rings (SSSR count). The van der Waals surface area contributed by atoms with Gasteiger partial charge >= 0.3 is 0 Å². The smallest absolute Gasteiger partial charge is 0.142 e. The molecule has 0 heterocycles. The maximum absolute atomic E-state index is 13.4. The Hall–Kier alpha value is -1.75. The van der Waals surface area contributed by atoms with E-state index in [1.54, 1.807) is 24.1 Å². The van der Waals surface area contributed by atoms with Crippen LogP contribution in [0.1, 0.15) is 0 Å². The summed E-state index contributed by atoms with van der Waals surface area (Å²) in [5.74, 6) is 0.268. The summed E-state index contributed by atoms with van der Waals surface area (Å²) in [6.45, 7) is 0. The van der Waals surface area contributed by atoms with Crippen LogP contribution >= 0.6 is 15.9 Å². The minimum absolute atomic E-state index is 0.321. The summed E-state index contributed by atoms with van der Waals surface area (Å²) in [6, 6.07) is 9.92. The third kappa shape index (κ3) is 2.81. The Balaban J connectivity index is 2.49. The monoisotopic (exact) mass is 324 g/mol. The van der Waals surface area contributed by atoms with E-state index in [4.69, 9.17) is 10.5 Å². The van der Waals surface area contributed by atoms with E-state index < -0.39 is 0 Å². The molecule has 0 radical (unpaired) electrons. The van der Waals surface area contributed by atoms with Crippen molar-refractivity contribution in [3.8, 4) is 5.75 Å². The highest BCUT2D eigenvalue weighted by Gasteiger charge is 2.13. The van der Waals surface area contributed by atoms with Crippen LogP contribution in [0.25, 0.3) is 0 Å². The molecule has 2 N–H and O–H groups in total. The lowest BCUT2D eigenvalue weighted by Gasteiger charge is -2.23. The zero-order valence-corrected chi connectivity index (χ0v) is 12.2. The molecule has 0 aliphatic carbocycles. The molecule has 0 amide bonds. The first-order valence-electron chi connectivity index (χ1n) is 5.65. The summed E-state index contributed by atoms with van der Waals surface area (Å²) < 4.78 is 19.5. The number of nitrogen functional groups attached to an aromatic ring is 1. The minimum atomic E-state index is -0.321. The van der Waals surface area contributed by atoms with Gasteiger partial charge in [0.1, 0.15) is 11.6 Å². The average molecular weight is 325 g/mol. The number of nitrogens with two attached hydrogens (primary N) is 1. The lowest BCUT2D eigenvalue weighted by Crippen LogP contribution is -2.13. The first-order chi connectivity index (χ1) is 9.02. The summed E-state index contributed by atoms with van der Waals surface area (Å²) in [5, 5.41) is 0. The molecule has 0 spiro atoms. The van der Waals surface area contributed by atoms with E-state index in [0.29, 0.717) is 17.1 Å². The van der Waals surface area contributed by atoms with Gasteiger partial charge in [-0.1, -0.05) is 15.9 Å². The number of halogens is 2. The molecule has 0 aliphatic heterocycles. The quantitative estimate of drug-likeness (QED) is 0.869. The van der Waals surface area contributed by atoms with E-state index in [2.05, 4.69) is 15.9 Å². The van der Waals surface area contributed by atoms with Gasteiger partial charge in [-0.05, 0) is 30.3 Å². The lowest BCUT2D eigenvalue weighted by molar-refractivity contribution is 0.414. The zero-order chi connectivity index (χ0) is 14.0. The number of benzene rings is 2. The van der Waals surface area contributed by atoms with Crippen molar-refractivity contribution < 1.29 is 9.13 Å². The molecule has 2 aromatic carbocycles. The second kappa shape index (κ2) is 5.48. The van der Waals surface area contributed by atoms with E-state index >= 15 is 0 Å². The highest BCUT2D eigenvalue weighted by atomic mass is 79.9. The second-order valence-electron chi connectivity index (χ2n) is 4.08. The van der Waals surface area contributed by atoms with Crippen molar-refractivity contribution in [2.45, 2.75) is 0 Å². The summed E-state index contributed by atoms with van der Waals surface area (Å²) in [5.41, 5.74) is 7.99. The molecule has 19 heavy (non-hydrogen) atoms. The van der Waals surface area contributed by atoms with E-state index in [-0.39, 0.29) is 5.82 Å². The predicted molar refractivity (Wildman–Crippen MR) is 79.6 cm³/mol. The summed E-state index contributed by atoms with van der Waals surface area (Å²) in [6.07, 6.45) is 0. The number of ether oxygens (including phenoxy) is 1. The van der Waals surface area contributed by atoms with Crippen molar-refractivity contribution in [1.29, 1.82) is 0 Å². The molecule has 100 valence electrons. The fourth-order valence-corrected chi connectivity index (χ4v) is 2.26. The van der Waals surface area contributed by atoms with Gasteiger partial charge < -0.3 is 15.4 Å². The number of methoxy groups -OCH3 is 1. The van der Waals surface area contributed by atoms with Crippen LogP contribution < -0.4 is 15.4 Å². The molecule has 0 saturated heterocycles. The van der Waals surface area contributed by atoms with Crippen LogP contribution in [0, 0.1) is 5.82 Å². The van der Waals surface area contributed by atoms with E-state index in [9.17, 15) is 4.39 Å². The number of rotatable bonds is 3. The number of nitrogens with zero attached hydrogens (tertiary/aromatic N) is 1. The standard InChI is InChI=1S/C14H14BrFN2O/c1-18(12-5-3-9(15)7-11(12)17)13-8-10(16)4-6-14(13)19-2/h3-8H,17H2,1-2H3. The van der Waals surface area contributed by atoms with Gasteiger partial charge in [-0.15, -0.1) is 0 Å². The molecule has 0 unspecified atom stereocenters.